The molecule has 14 heavy (non-hydrogen) atoms. The van der Waals surface area contributed by atoms with Gasteiger partial charge in [0.1, 0.15) is 5.69 Å². The van der Waals surface area contributed by atoms with Gasteiger partial charge in [-0.1, -0.05) is 0 Å². The van der Waals surface area contributed by atoms with E-state index in [1.807, 2.05) is 0 Å². The van der Waals surface area contributed by atoms with Gasteiger partial charge in [-0.05, 0) is 13.8 Å². The summed E-state index contributed by atoms with van der Waals surface area (Å²) in [5.41, 5.74) is -0.232. The van der Waals surface area contributed by atoms with Gasteiger partial charge in [0.05, 0.1) is 6.10 Å². The number of aliphatic hydroxyl groups is 1. The number of aromatic amines is 2. The zero-order valence-corrected chi connectivity index (χ0v) is 8.05. The Morgan fingerprint density at radius 1 is 1.36 bits per heavy atom. The molecular formula is C8H13N3O3. The molecule has 1 rings (SSSR count). The number of hydrogen-bond acceptors (Lipinski definition) is 4. The van der Waals surface area contributed by atoms with Crippen LogP contribution in [0.15, 0.2) is 9.59 Å². The van der Waals surface area contributed by atoms with Crippen LogP contribution in [0, 0.1) is 6.92 Å². The first kappa shape index (κ1) is 10.5. The molecule has 0 spiro atoms. The van der Waals surface area contributed by atoms with Crippen molar-refractivity contribution < 1.29 is 5.11 Å². The van der Waals surface area contributed by atoms with E-state index >= 15 is 0 Å². The Morgan fingerprint density at radius 3 is 2.50 bits per heavy atom. The lowest BCUT2D eigenvalue weighted by Crippen LogP contribution is -2.28. The van der Waals surface area contributed by atoms with Gasteiger partial charge in [0.2, 0.25) is 0 Å². The number of nitrogens with one attached hydrogen (secondary N) is 3. The molecule has 1 aromatic rings. The Hall–Kier alpha value is -1.56. The molecular weight excluding hydrogens is 186 g/mol. The minimum atomic E-state index is -0.576. The fraction of sp³-hybridized carbons (Fsp3) is 0.500. The summed E-state index contributed by atoms with van der Waals surface area (Å²) in [6, 6.07) is 0. The quantitative estimate of drug-likeness (QED) is 0.510. The lowest BCUT2D eigenvalue weighted by Gasteiger charge is -2.08. The van der Waals surface area contributed by atoms with E-state index in [0.29, 0.717) is 5.56 Å². The van der Waals surface area contributed by atoms with Crippen molar-refractivity contribution in [2.45, 2.75) is 20.0 Å². The first-order chi connectivity index (χ1) is 6.52. The zero-order valence-electron chi connectivity index (χ0n) is 8.05. The number of H-pyrrole nitrogens is 2. The lowest BCUT2D eigenvalue weighted by molar-refractivity contribution is 0.208. The molecule has 4 N–H and O–H groups in total. The van der Waals surface area contributed by atoms with Crippen molar-refractivity contribution in [1.82, 2.24) is 10.2 Å². The van der Waals surface area contributed by atoms with Crippen molar-refractivity contribution >= 4 is 5.69 Å². The van der Waals surface area contributed by atoms with Crippen LogP contribution < -0.4 is 16.4 Å². The molecule has 0 unspecified atom stereocenters. The van der Waals surface area contributed by atoms with E-state index in [-0.39, 0.29) is 17.8 Å². The van der Waals surface area contributed by atoms with Crippen molar-refractivity contribution in [3.05, 3.63) is 26.3 Å². The minimum absolute atomic E-state index is 0.203. The number of aromatic nitrogens is 2. The number of aliphatic hydroxyl groups excluding tert-OH is 1. The highest BCUT2D eigenvalue weighted by molar-refractivity contribution is 5.46. The third kappa shape index (κ3) is 2.23. The van der Waals surface area contributed by atoms with Gasteiger partial charge >= 0.3 is 0 Å². The average Bonchev–Trinajstić information content (AvgIpc) is 2.11. The largest absolute Gasteiger partial charge is 0.392 e. The van der Waals surface area contributed by atoms with Crippen molar-refractivity contribution in [2.24, 2.45) is 0 Å². The highest BCUT2D eigenvalue weighted by Gasteiger charge is 2.07. The lowest BCUT2D eigenvalue weighted by atomic mass is 10.2. The molecule has 6 heteroatoms. The smallest absolute Gasteiger partial charge is 0.286 e. The predicted octanol–water partition coefficient (Wildman–Crippen LogP) is -0.836. The maximum absolute atomic E-state index is 11.2. The number of anilines is 1. The van der Waals surface area contributed by atoms with Gasteiger partial charge < -0.3 is 10.4 Å². The first-order valence-electron chi connectivity index (χ1n) is 4.26. The molecule has 1 heterocycles. The van der Waals surface area contributed by atoms with Crippen LogP contribution in [0.4, 0.5) is 5.69 Å². The number of hydrogen-bond donors (Lipinski definition) is 4. The Bertz CT molecular complexity index is 419. The molecule has 0 radical (unpaired) electrons. The van der Waals surface area contributed by atoms with Crippen molar-refractivity contribution in [3.63, 3.8) is 0 Å². The first-order valence-corrected chi connectivity index (χ1v) is 4.26. The van der Waals surface area contributed by atoms with E-state index in [2.05, 4.69) is 15.5 Å². The molecule has 6 nitrogen and oxygen atoms in total. The van der Waals surface area contributed by atoms with E-state index in [4.69, 9.17) is 5.11 Å². The third-order valence-corrected chi connectivity index (χ3v) is 1.81. The molecule has 0 saturated carbocycles. The number of rotatable bonds is 3. The fourth-order valence-corrected chi connectivity index (χ4v) is 1.02. The topological polar surface area (TPSA) is 98.0 Å². The molecule has 0 amide bonds. The monoisotopic (exact) mass is 199 g/mol. The molecule has 78 valence electrons. The van der Waals surface area contributed by atoms with Crippen molar-refractivity contribution in [1.29, 1.82) is 0 Å². The Balaban J connectivity index is 3.01. The molecule has 1 aromatic heterocycles. The highest BCUT2D eigenvalue weighted by Crippen LogP contribution is 2.00. The van der Waals surface area contributed by atoms with Crippen LogP contribution in [0.1, 0.15) is 12.5 Å². The van der Waals surface area contributed by atoms with Gasteiger partial charge in [0, 0.05) is 12.1 Å². The minimum Gasteiger partial charge on any atom is -0.392 e. The molecule has 0 aliphatic heterocycles. The van der Waals surface area contributed by atoms with Crippen LogP contribution >= 0.6 is 0 Å². The summed E-state index contributed by atoms with van der Waals surface area (Å²) in [7, 11) is 0. The Labute approximate surface area is 80.0 Å². The van der Waals surface area contributed by atoms with E-state index < -0.39 is 11.7 Å². The summed E-state index contributed by atoms with van der Waals surface area (Å²) in [4.78, 5) is 22.3. The summed E-state index contributed by atoms with van der Waals surface area (Å²) in [6.07, 6.45) is -0.576. The maximum atomic E-state index is 11.2. The van der Waals surface area contributed by atoms with Crippen LogP contribution in [-0.4, -0.2) is 28.0 Å². The fourth-order valence-electron chi connectivity index (χ4n) is 1.02. The van der Waals surface area contributed by atoms with Gasteiger partial charge in [-0.2, -0.15) is 0 Å². The van der Waals surface area contributed by atoms with Crippen LogP contribution in [-0.2, 0) is 0 Å². The summed E-state index contributed by atoms with van der Waals surface area (Å²) in [5, 5.41) is 16.1. The van der Waals surface area contributed by atoms with Gasteiger partial charge in [0.15, 0.2) is 0 Å². The summed E-state index contributed by atoms with van der Waals surface area (Å²) in [6.45, 7) is 3.36. The van der Waals surface area contributed by atoms with E-state index in [1.165, 1.54) is 0 Å². The second-order valence-electron chi connectivity index (χ2n) is 3.14. The van der Waals surface area contributed by atoms with Gasteiger partial charge in [-0.3, -0.25) is 19.8 Å². The summed E-state index contributed by atoms with van der Waals surface area (Å²) >= 11 is 0. The van der Waals surface area contributed by atoms with E-state index in [9.17, 15) is 9.59 Å². The second-order valence-corrected chi connectivity index (χ2v) is 3.14. The van der Waals surface area contributed by atoms with Crippen LogP contribution in [0.5, 0.6) is 0 Å². The molecule has 0 fully saturated rings. The van der Waals surface area contributed by atoms with Crippen LogP contribution in [0.3, 0.4) is 0 Å². The van der Waals surface area contributed by atoms with Crippen molar-refractivity contribution in [3.8, 4) is 0 Å². The Kier molecular flexibility index (Phi) is 3.08. The van der Waals surface area contributed by atoms with Gasteiger partial charge in [-0.25, -0.2) is 0 Å². The molecule has 1 atom stereocenters. The Morgan fingerprint density at radius 2 is 1.93 bits per heavy atom. The average molecular weight is 199 g/mol. The van der Waals surface area contributed by atoms with Crippen LogP contribution in [0.25, 0.3) is 0 Å². The third-order valence-electron chi connectivity index (χ3n) is 1.81. The molecule has 0 bridgehead atoms. The molecule has 0 aromatic carbocycles. The summed E-state index contributed by atoms with van der Waals surface area (Å²) in [5.74, 6) is 0. The zero-order chi connectivity index (χ0) is 10.7. The van der Waals surface area contributed by atoms with Crippen LogP contribution in [0.2, 0.25) is 0 Å². The van der Waals surface area contributed by atoms with Gasteiger partial charge in [-0.15, -0.1) is 0 Å². The molecule has 0 saturated heterocycles. The predicted molar refractivity (Wildman–Crippen MR) is 52.6 cm³/mol. The van der Waals surface area contributed by atoms with Crippen molar-refractivity contribution in [2.75, 3.05) is 11.9 Å². The standard InChI is InChI=1S/C8H13N3O3/c1-4(12)3-9-6-5(2)7(13)10-11-8(6)14/h4,12H,3H2,1-2H3,(H,11,14)(H2,9,10,13)/t4-/m1/s1. The second kappa shape index (κ2) is 4.10. The summed E-state index contributed by atoms with van der Waals surface area (Å²) < 4.78 is 0. The molecule has 0 aliphatic rings. The SMILES string of the molecule is Cc1c(NC[C@@H](C)O)c(=O)[nH][nH]c1=O. The normalized spacial score (nSPS) is 12.5. The maximum Gasteiger partial charge on any atom is 0.286 e. The highest BCUT2D eigenvalue weighted by atomic mass is 16.3. The molecule has 0 aliphatic carbocycles. The van der Waals surface area contributed by atoms with Gasteiger partial charge in [0.25, 0.3) is 11.1 Å². The van der Waals surface area contributed by atoms with E-state index in [1.54, 1.807) is 13.8 Å². The van der Waals surface area contributed by atoms with E-state index in [0.717, 1.165) is 0 Å².